The van der Waals surface area contributed by atoms with Crippen LogP contribution in [0.4, 0.5) is 39.5 Å². The predicted molar refractivity (Wildman–Crippen MR) is 35.4 cm³/mol. The van der Waals surface area contributed by atoms with Crippen LogP contribution in [0.2, 0.25) is 0 Å². The summed E-state index contributed by atoms with van der Waals surface area (Å²) < 4.78 is 139. The third-order valence-electron chi connectivity index (χ3n) is 1.84. The van der Waals surface area contributed by atoms with Gasteiger partial charge in [-0.1, -0.05) is 13.8 Å². The summed E-state index contributed by atoms with van der Waals surface area (Å²) in [7, 11) is 0. The fourth-order valence-corrected chi connectivity index (χ4v) is 1.12. The molecule has 0 aromatic rings. The average molecular weight is 266 g/mol. The summed E-state index contributed by atoms with van der Waals surface area (Å²) in [6, 6.07) is 0. The Balaban J connectivity index is 6.83. The molecule has 0 aliphatic rings. The normalized spacial score (nSPS) is 23.9. The monoisotopic (exact) mass is 266 g/mol. The van der Waals surface area contributed by atoms with E-state index >= 15 is 0 Å². The third kappa shape index (κ3) is 1.95. The lowest BCUT2D eigenvalue weighted by atomic mass is 9.75. The van der Waals surface area contributed by atoms with Crippen LogP contribution in [0.5, 0.6) is 0 Å². The van der Waals surface area contributed by atoms with Crippen LogP contribution in [-0.4, -0.2) is 18.5 Å². The Morgan fingerprint density at radius 3 is 1.12 bits per heavy atom. The molecule has 98 valence electrons. The van der Waals surface area contributed by atoms with E-state index in [0.717, 1.165) is 0 Å². The van der Waals surface area contributed by atoms with Gasteiger partial charge in [0.1, 0.15) is 0 Å². The quantitative estimate of drug-likeness (QED) is 0.620. The molecule has 0 nitrogen and oxygen atoms in total. The molecular weight excluding hydrogens is 255 g/mol. The molecule has 0 rings (SSSR count). The van der Waals surface area contributed by atoms with Gasteiger partial charge in [0.15, 0.2) is 0 Å². The van der Waals surface area contributed by atoms with Crippen LogP contribution in [0.3, 0.4) is 0 Å². The minimum Gasteiger partial charge on any atom is -0.170 e. The van der Waals surface area contributed by atoms with E-state index in [1.54, 1.807) is 0 Å². The second kappa shape index (κ2) is 3.69. The molecule has 9 heteroatoms. The highest BCUT2D eigenvalue weighted by Gasteiger charge is 2.84. The van der Waals surface area contributed by atoms with Crippen LogP contribution in [0, 0.1) is 11.3 Å². The van der Waals surface area contributed by atoms with Gasteiger partial charge in [0.2, 0.25) is 0 Å². The first-order chi connectivity index (χ1) is 8.25. The van der Waals surface area contributed by atoms with E-state index in [-0.39, 0.29) is 0 Å². The van der Waals surface area contributed by atoms with E-state index in [4.69, 9.17) is 5.48 Å². The second-order valence-corrected chi connectivity index (χ2v) is 2.87. The zero-order valence-electron chi connectivity index (χ0n) is 11.4. The first-order valence-electron chi connectivity index (χ1n) is 5.45. The van der Waals surface area contributed by atoms with E-state index in [0.29, 0.717) is 0 Å². The van der Waals surface area contributed by atoms with E-state index in [9.17, 15) is 39.5 Å². The Labute approximate surface area is 90.0 Å². The zero-order valence-corrected chi connectivity index (χ0v) is 7.40. The molecule has 16 heavy (non-hydrogen) atoms. The molecule has 1 atom stereocenters. The van der Waals surface area contributed by atoms with Crippen LogP contribution in [-0.2, 0) is 0 Å². The minimum absolute atomic E-state index is 0.561. The summed E-state index contributed by atoms with van der Waals surface area (Å²) in [6.45, 7) is -5.05. The van der Waals surface area contributed by atoms with Gasteiger partial charge in [0.05, 0.1) is 0 Å². The molecule has 0 bridgehead atoms. The van der Waals surface area contributed by atoms with Gasteiger partial charge >= 0.3 is 18.5 Å². The standard InChI is InChI=1S/C7H7F9/c1-3(2)4(5(8,9)10,6(11,12)13)7(14,15)16/h3H,1-2H3/i1D3,3D/t3-/m1/s1. The Hall–Kier alpha value is -0.630. The van der Waals surface area contributed by atoms with Crippen molar-refractivity contribution in [2.45, 2.75) is 32.3 Å². The van der Waals surface area contributed by atoms with Crippen molar-refractivity contribution in [3.8, 4) is 0 Å². The third-order valence-corrected chi connectivity index (χ3v) is 1.84. The van der Waals surface area contributed by atoms with Crippen molar-refractivity contribution >= 4 is 0 Å². The van der Waals surface area contributed by atoms with Gasteiger partial charge in [-0.25, -0.2) is 0 Å². The van der Waals surface area contributed by atoms with Crippen LogP contribution < -0.4 is 0 Å². The van der Waals surface area contributed by atoms with Gasteiger partial charge in [-0.3, -0.25) is 0 Å². The maximum absolute atomic E-state index is 12.6. The van der Waals surface area contributed by atoms with Gasteiger partial charge in [0, 0.05) is 5.48 Å². The van der Waals surface area contributed by atoms with E-state index in [2.05, 4.69) is 0 Å². The molecule has 0 aliphatic carbocycles. The summed E-state index contributed by atoms with van der Waals surface area (Å²) >= 11 is 0. The molecule has 0 heterocycles. The lowest BCUT2D eigenvalue weighted by Crippen LogP contribution is -2.62. The molecule has 0 unspecified atom stereocenters. The minimum atomic E-state index is -7.07. The second-order valence-electron chi connectivity index (χ2n) is 2.87. The van der Waals surface area contributed by atoms with Gasteiger partial charge in [-0.05, 0) is 5.89 Å². The largest absolute Gasteiger partial charge is 0.412 e. The van der Waals surface area contributed by atoms with Crippen LogP contribution in [0.1, 0.15) is 19.3 Å². The summed E-state index contributed by atoms with van der Waals surface area (Å²) in [5.41, 5.74) is -6.70. The predicted octanol–water partition coefficient (Wildman–Crippen LogP) is 4.32. The topological polar surface area (TPSA) is 0 Å². The number of alkyl halides is 9. The van der Waals surface area contributed by atoms with Gasteiger partial charge in [-0.2, -0.15) is 39.5 Å². The van der Waals surface area contributed by atoms with E-state index in [1.165, 1.54) is 0 Å². The first-order valence-corrected chi connectivity index (χ1v) is 3.45. The fourth-order valence-electron chi connectivity index (χ4n) is 1.12. The molecule has 0 aliphatic heterocycles. The summed E-state index contributed by atoms with van der Waals surface area (Å²) in [4.78, 5) is 0. The van der Waals surface area contributed by atoms with Crippen LogP contribution in [0.25, 0.3) is 0 Å². The molecule has 0 amide bonds. The Morgan fingerprint density at radius 1 is 0.812 bits per heavy atom. The van der Waals surface area contributed by atoms with Gasteiger partial charge in [0.25, 0.3) is 5.41 Å². The van der Waals surface area contributed by atoms with E-state index < -0.39 is 43.6 Å². The van der Waals surface area contributed by atoms with Crippen molar-refractivity contribution < 1.29 is 45.0 Å². The van der Waals surface area contributed by atoms with Crippen molar-refractivity contribution in [2.24, 2.45) is 11.3 Å². The lowest BCUT2D eigenvalue weighted by molar-refractivity contribution is -0.440. The van der Waals surface area contributed by atoms with Crippen molar-refractivity contribution in [3.63, 3.8) is 0 Å². The highest BCUT2D eigenvalue weighted by atomic mass is 19.4. The molecular formula is C7H7F9. The van der Waals surface area contributed by atoms with Gasteiger partial charge in [-0.15, -0.1) is 0 Å². The molecule has 0 saturated carbocycles. The molecule has 0 radical (unpaired) electrons. The van der Waals surface area contributed by atoms with Crippen molar-refractivity contribution in [3.05, 3.63) is 0 Å². The molecule has 0 saturated heterocycles. The number of hydrogen-bond acceptors (Lipinski definition) is 0. The zero-order chi connectivity index (χ0) is 17.0. The molecule has 0 aromatic carbocycles. The van der Waals surface area contributed by atoms with Crippen LogP contribution >= 0.6 is 0 Å². The Kier molecular flexibility index (Phi) is 2.17. The maximum Gasteiger partial charge on any atom is 0.412 e. The van der Waals surface area contributed by atoms with Crippen molar-refractivity contribution in [1.29, 1.82) is 0 Å². The maximum atomic E-state index is 12.6. The number of hydrogen-bond donors (Lipinski definition) is 0. The smallest absolute Gasteiger partial charge is 0.170 e. The Bertz CT molecular complexity index is 322. The van der Waals surface area contributed by atoms with Gasteiger partial charge < -0.3 is 0 Å². The SMILES string of the molecule is [2H]C([2H])([2H])[C@]([2H])(C)C(C(F)(F)F)(C(F)(F)F)C(F)(F)F. The fraction of sp³-hybridized carbons (Fsp3) is 1.00. The van der Waals surface area contributed by atoms with Crippen molar-refractivity contribution in [1.82, 2.24) is 0 Å². The van der Waals surface area contributed by atoms with Crippen molar-refractivity contribution in [2.75, 3.05) is 0 Å². The van der Waals surface area contributed by atoms with Crippen LogP contribution in [0.15, 0.2) is 0 Å². The highest BCUT2D eigenvalue weighted by Crippen LogP contribution is 2.63. The first kappa shape index (κ1) is 9.41. The highest BCUT2D eigenvalue weighted by molar-refractivity contribution is 5.01. The summed E-state index contributed by atoms with van der Waals surface area (Å²) in [5, 5.41) is 0. The summed E-state index contributed by atoms with van der Waals surface area (Å²) in [6.07, 6.45) is -21.2. The number of halogens is 9. The molecule has 0 spiro atoms. The average Bonchev–Trinajstić information content (AvgIpc) is 1.89. The molecule has 0 N–H and O–H groups in total. The lowest BCUT2D eigenvalue weighted by Gasteiger charge is -2.41. The molecule has 0 fully saturated rings. The Morgan fingerprint density at radius 2 is 1.06 bits per heavy atom. The molecule has 0 aromatic heterocycles. The summed E-state index contributed by atoms with van der Waals surface area (Å²) in [5.74, 6) is -4.92. The number of rotatable bonds is 1. The van der Waals surface area contributed by atoms with E-state index in [1.807, 2.05) is 0 Å².